The topological polar surface area (TPSA) is 68.0 Å². The zero-order chi connectivity index (χ0) is 11.5. The summed E-state index contributed by atoms with van der Waals surface area (Å²) in [5.41, 5.74) is 0. The van der Waals surface area contributed by atoms with E-state index in [0.717, 1.165) is 0 Å². The lowest BCUT2D eigenvalue weighted by molar-refractivity contribution is 0.0942. The molecule has 84 valence electrons. The molecule has 1 atom stereocenters. The molecule has 1 amide bonds. The molecule has 16 heavy (non-hydrogen) atoms. The molecule has 0 radical (unpaired) electrons. The number of nitrogens with one attached hydrogen (secondary N) is 1. The van der Waals surface area contributed by atoms with E-state index in [2.05, 4.69) is 20.0 Å². The van der Waals surface area contributed by atoms with E-state index in [4.69, 9.17) is 11.6 Å². The number of nitrogens with zero attached hydrogens (tertiary/aromatic N) is 2. The number of aromatic nitrogens is 2. The van der Waals surface area contributed by atoms with Crippen LogP contribution in [0.2, 0.25) is 4.34 Å². The summed E-state index contributed by atoms with van der Waals surface area (Å²) in [5.74, 6) is 0.241. The molecule has 0 aliphatic carbocycles. The average molecular weight is 258 g/mol. The van der Waals surface area contributed by atoms with E-state index in [1.165, 1.54) is 17.7 Å². The minimum absolute atomic E-state index is 0.200. The zero-order valence-corrected chi connectivity index (χ0v) is 9.88. The van der Waals surface area contributed by atoms with E-state index in [1.54, 1.807) is 19.1 Å². The van der Waals surface area contributed by atoms with Gasteiger partial charge in [0.25, 0.3) is 5.91 Å². The summed E-state index contributed by atoms with van der Waals surface area (Å²) >= 11 is 6.96. The molecule has 0 saturated carbocycles. The van der Waals surface area contributed by atoms with Gasteiger partial charge in [0, 0.05) is 0 Å². The van der Waals surface area contributed by atoms with Crippen molar-refractivity contribution < 1.29 is 9.32 Å². The van der Waals surface area contributed by atoms with Gasteiger partial charge >= 0.3 is 0 Å². The van der Waals surface area contributed by atoms with Crippen molar-refractivity contribution in [2.75, 3.05) is 0 Å². The van der Waals surface area contributed by atoms with Crippen molar-refractivity contribution in [3.05, 3.63) is 33.6 Å². The molecule has 0 spiro atoms. The van der Waals surface area contributed by atoms with Gasteiger partial charge in [-0.25, -0.2) is 0 Å². The Morgan fingerprint density at radius 2 is 2.44 bits per heavy atom. The van der Waals surface area contributed by atoms with Gasteiger partial charge in [-0.05, 0) is 19.1 Å². The highest BCUT2D eigenvalue weighted by molar-refractivity contribution is 7.17. The van der Waals surface area contributed by atoms with Crippen molar-refractivity contribution in [3.8, 4) is 0 Å². The van der Waals surface area contributed by atoms with Crippen molar-refractivity contribution in [2.24, 2.45) is 0 Å². The normalized spacial score (nSPS) is 12.4. The zero-order valence-electron chi connectivity index (χ0n) is 8.31. The summed E-state index contributed by atoms with van der Waals surface area (Å²) < 4.78 is 5.18. The number of carbonyl (C=O) groups is 1. The van der Waals surface area contributed by atoms with Crippen molar-refractivity contribution in [3.63, 3.8) is 0 Å². The van der Waals surface area contributed by atoms with E-state index in [9.17, 15) is 4.79 Å². The van der Waals surface area contributed by atoms with Crippen molar-refractivity contribution in [2.45, 2.75) is 13.0 Å². The Balaban J connectivity index is 2.03. The molecule has 7 heteroatoms. The summed E-state index contributed by atoms with van der Waals surface area (Å²) in [5, 5.41) is 6.38. The third-order valence-corrected chi connectivity index (χ3v) is 3.14. The SMILES string of the molecule is C[C@@H](NC(=O)c1ccc(Cl)s1)c1ncon1. The molecule has 2 heterocycles. The largest absolute Gasteiger partial charge is 0.343 e. The maximum atomic E-state index is 11.7. The van der Waals surface area contributed by atoms with Crippen molar-refractivity contribution in [1.82, 2.24) is 15.5 Å². The average Bonchev–Trinajstić information content (AvgIpc) is 2.87. The Kier molecular flexibility index (Phi) is 3.21. The third-order valence-electron chi connectivity index (χ3n) is 1.91. The smallest absolute Gasteiger partial charge is 0.261 e. The first-order valence-electron chi connectivity index (χ1n) is 4.49. The second-order valence-electron chi connectivity index (χ2n) is 3.09. The fraction of sp³-hybridized carbons (Fsp3) is 0.222. The molecular formula is C9H8ClN3O2S. The Bertz CT molecular complexity index is 483. The highest BCUT2D eigenvalue weighted by atomic mass is 35.5. The van der Waals surface area contributed by atoms with E-state index < -0.39 is 0 Å². The summed E-state index contributed by atoms with van der Waals surface area (Å²) in [4.78, 5) is 16.1. The summed E-state index contributed by atoms with van der Waals surface area (Å²) in [7, 11) is 0. The lowest BCUT2D eigenvalue weighted by Crippen LogP contribution is -2.26. The molecule has 2 rings (SSSR count). The number of carbonyl (C=O) groups excluding carboxylic acids is 1. The Morgan fingerprint density at radius 3 is 3.00 bits per heavy atom. The number of hydrogen-bond donors (Lipinski definition) is 1. The molecule has 1 N–H and O–H groups in total. The maximum absolute atomic E-state index is 11.7. The second-order valence-corrected chi connectivity index (χ2v) is 4.80. The lowest BCUT2D eigenvalue weighted by atomic mass is 10.3. The number of halogens is 1. The van der Waals surface area contributed by atoms with Crippen molar-refractivity contribution >= 4 is 28.8 Å². The predicted octanol–water partition coefficient (Wildman–Crippen LogP) is 2.28. The van der Waals surface area contributed by atoms with Crippen LogP contribution in [0.1, 0.15) is 28.5 Å². The van der Waals surface area contributed by atoms with Crippen LogP contribution in [0.4, 0.5) is 0 Å². The van der Waals surface area contributed by atoms with Crippen LogP contribution in [0.5, 0.6) is 0 Å². The van der Waals surface area contributed by atoms with Crippen molar-refractivity contribution in [1.29, 1.82) is 0 Å². The van der Waals surface area contributed by atoms with Gasteiger partial charge in [-0.3, -0.25) is 4.79 Å². The van der Waals surface area contributed by atoms with Gasteiger partial charge < -0.3 is 9.84 Å². The van der Waals surface area contributed by atoms with Gasteiger partial charge in [0.1, 0.15) is 0 Å². The van der Waals surface area contributed by atoms with E-state index in [1.807, 2.05) is 0 Å². The Hall–Kier alpha value is -1.40. The molecule has 5 nitrogen and oxygen atoms in total. The second kappa shape index (κ2) is 4.63. The monoisotopic (exact) mass is 257 g/mol. The Labute approximate surface area is 100 Å². The first-order valence-corrected chi connectivity index (χ1v) is 5.68. The highest BCUT2D eigenvalue weighted by Gasteiger charge is 2.15. The quantitative estimate of drug-likeness (QED) is 0.916. The minimum Gasteiger partial charge on any atom is -0.343 e. The van der Waals surface area contributed by atoms with Crippen LogP contribution in [0, 0.1) is 0 Å². The van der Waals surface area contributed by atoms with Crippen LogP contribution in [0.25, 0.3) is 0 Å². The number of thiophene rings is 1. The van der Waals surface area contributed by atoms with E-state index in [0.29, 0.717) is 15.0 Å². The third kappa shape index (κ3) is 2.40. The fourth-order valence-corrected chi connectivity index (χ4v) is 2.08. The summed E-state index contributed by atoms with van der Waals surface area (Å²) in [6.07, 6.45) is 1.22. The lowest BCUT2D eigenvalue weighted by Gasteiger charge is -2.08. The number of amides is 1. The first-order chi connectivity index (χ1) is 7.66. The molecule has 0 aliphatic heterocycles. The van der Waals surface area contributed by atoms with Gasteiger partial charge in [0.05, 0.1) is 15.3 Å². The van der Waals surface area contributed by atoms with Crippen LogP contribution < -0.4 is 5.32 Å². The molecule has 2 aromatic heterocycles. The van der Waals surface area contributed by atoms with Crippen LogP contribution >= 0.6 is 22.9 Å². The highest BCUT2D eigenvalue weighted by Crippen LogP contribution is 2.21. The van der Waals surface area contributed by atoms with Crippen LogP contribution in [-0.4, -0.2) is 16.0 Å². The fourth-order valence-electron chi connectivity index (χ4n) is 1.14. The van der Waals surface area contributed by atoms with E-state index >= 15 is 0 Å². The first kappa shape index (κ1) is 11.1. The molecule has 0 saturated heterocycles. The molecule has 0 bridgehead atoms. The Morgan fingerprint density at radius 1 is 1.62 bits per heavy atom. The van der Waals surface area contributed by atoms with Gasteiger partial charge in [-0.2, -0.15) is 4.98 Å². The van der Waals surface area contributed by atoms with Crippen LogP contribution in [-0.2, 0) is 0 Å². The van der Waals surface area contributed by atoms with Crippen LogP contribution in [0.3, 0.4) is 0 Å². The number of rotatable bonds is 3. The minimum atomic E-state index is -0.299. The molecule has 0 unspecified atom stereocenters. The van der Waals surface area contributed by atoms with Gasteiger partial charge in [0.2, 0.25) is 6.39 Å². The molecule has 0 fully saturated rings. The summed E-state index contributed by atoms with van der Waals surface area (Å²) in [6, 6.07) is 3.05. The van der Waals surface area contributed by atoms with Gasteiger partial charge in [-0.15, -0.1) is 11.3 Å². The molecular weight excluding hydrogens is 250 g/mol. The van der Waals surface area contributed by atoms with Crippen LogP contribution in [0.15, 0.2) is 23.0 Å². The predicted molar refractivity (Wildman–Crippen MR) is 59.5 cm³/mol. The molecule has 2 aromatic rings. The standard InChI is InChI=1S/C9H8ClN3O2S/c1-5(8-11-4-15-13-8)12-9(14)6-2-3-7(10)16-6/h2-5H,1H3,(H,12,14)/t5-/m1/s1. The van der Waals surface area contributed by atoms with Gasteiger partial charge in [-0.1, -0.05) is 16.8 Å². The maximum Gasteiger partial charge on any atom is 0.261 e. The summed E-state index contributed by atoms with van der Waals surface area (Å²) in [6.45, 7) is 1.78. The molecule has 0 aromatic carbocycles. The van der Waals surface area contributed by atoms with Gasteiger partial charge in [0.15, 0.2) is 5.82 Å². The van der Waals surface area contributed by atoms with E-state index in [-0.39, 0.29) is 11.9 Å². The number of hydrogen-bond acceptors (Lipinski definition) is 5. The molecule has 0 aliphatic rings.